The minimum Gasteiger partial charge on any atom is -0.477 e. The van der Waals surface area contributed by atoms with Gasteiger partial charge >= 0.3 is 5.97 Å². The van der Waals surface area contributed by atoms with Gasteiger partial charge in [-0.15, -0.1) is 0 Å². The molecular formula is C12H17NO5S. The van der Waals surface area contributed by atoms with E-state index in [1.54, 1.807) is 19.9 Å². The van der Waals surface area contributed by atoms with Crippen molar-refractivity contribution in [3.63, 3.8) is 0 Å². The molecule has 1 rings (SSSR count). The van der Waals surface area contributed by atoms with E-state index in [4.69, 9.17) is 5.11 Å². The molecule has 106 valence electrons. The molecule has 0 spiro atoms. The maximum absolute atomic E-state index is 12.0. The van der Waals surface area contributed by atoms with Crippen molar-refractivity contribution in [1.82, 2.24) is 4.57 Å². The van der Waals surface area contributed by atoms with Crippen LogP contribution in [0.4, 0.5) is 0 Å². The zero-order valence-corrected chi connectivity index (χ0v) is 12.0. The number of rotatable bonds is 5. The normalized spacial score (nSPS) is 11.5. The summed E-state index contributed by atoms with van der Waals surface area (Å²) in [5, 5.41) is 9.01. The van der Waals surface area contributed by atoms with Crippen LogP contribution >= 0.6 is 0 Å². The quantitative estimate of drug-likeness (QED) is 0.855. The Morgan fingerprint density at radius 1 is 1.37 bits per heavy atom. The number of aryl methyl sites for hydroxylation is 2. The molecule has 0 aliphatic heterocycles. The first-order valence-electron chi connectivity index (χ1n) is 5.75. The zero-order chi connectivity index (χ0) is 14.8. The Balaban J connectivity index is 3.12. The van der Waals surface area contributed by atoms with Crippen molar-refractivity contribution in [3.05, 3.63) is 33.2 Å². The molecule has 0 bridgehead atoms. The molecule has 6 nitrogen and oxygen atoms in total. The fourth-order valence-electron chi connectivity index (χ4n) is 1.95. The van der Waals surface area contributed by atoms with Gasteiger partial charge in [-0.25, -0.2) is 13.2 Å². The first-order valence-corrected chi connectivity index (χ1v) is 7.81. The highest BCUT2D eigenvalue weighted by molar-refractivity contribution is 7.90. The van der Waals surface area contributed by atoms with Crippen molar-refractivity contribution in [3.8, 4) is 0 Å². The number of nitrogens with zero attached hydrogens (tertiary/aromatic N) is 1. The summed E-state index contributed by atoms with van der Waals surface area (Å²) in [4.78, 5) is 23.1. The first kappa shape index (κ1) is 15.4. The number of carboxylic acid groups (broad SMARTS) is 1. The molecule has 0 aliphatic carbocycles. The van der Waals surface area contributed by atoms with Crippen molar-refractivity contribution in [2.45, 2.75) is 26.8 Å². The van der Waals surface area contributed by atoms with E-state index in [-0.39, 0.29) is 24.3 Å². The van der Waals surface area contributed by atoms with Crippen LogP contribution in [0.2, 0.25) is 0 Å². The van der Waals surface area contributed by atoms with Gasteiger partial charge < -0.3 is 9.67 Å². The van der Waals surface area contributed by atoms with E-state index in [2.05, 4.69) is 0 Å². The predicted molar refractivity (Wildman–Crippen MR) is 71.5 cm³/mol. The third kappa shape index (κ3) is 3.92. The fraction of sp³-hybridized carbons (Fsp3) is 0.500. The first-order chi connectivity index (χ1) is 8.63. The summed E-state index contributed by atoms with van der Waals surface area (Å²) in [6, 6.07) is 1.62. The van der Waals surface area contributed by atoms with Gasteiger partial charge in [0.25, 0.3) is 5.56 Å². The molecule has 1 aromatic heterocycles. The molecule has 0 aromatic carbocycles. The molecule has 1 heterocycles. The number of sulfone groups is 1. The largest absolute Gasteiger partial charge is 0.477 e. The summed E-state index contributed by atoms with van der Waals surface area (Å²) in [6.45, 7) is 3.46. The summed E-state index contributed by atoms with van der Waals surface area (Å²) in [6.07, 6.45) is 1.40. The molecule has 0 saturated carbocycles. The van der Waals surface area contributed by atoms with Gasteiger partial charge in [0.1, 0.15) is 15.4 Å². The molecule has 0 saturated heterocycles. The number of hydrogen-bond acceptors (Lipinski definition) is 4. The lowest BCUT2D eigenvalue weighted by Gasteiger charge is -2.12. The van der Waals surface area contributed by atoms with Gasteiger partial charge in [-0.1, -0.05) is 0 Å². The van der Waals surface area contributed by atoms with Gasteiger partial charge in [0.15, 0.2) is 0 Å². The van der Waals surface area contributed by atoms with Gasteiger partial charge in [0.2, 0.25) is 0 Å². The molecule has 0 aliphatic rings. The average molecular weight is 287 g/mol. The molecule has 19 heavy (non-hydrogen) atoms. The average Bonchev–Trinajstić information content (AvgIpc) is 2.20. The number of carbonyl (C=O) groups is 1. The molecule has 1 aromatic rings. The standard InChI is InChI=1S/C12H17NO5S/c1-8-7-9(2)13(5-4-6-19(3,17)18)11(14)10(8)12(15)16/h7H,4-6H2,1-3H3,(H,15,16). The van der Waals surface area contributed by atoms with Crippen LogP contribution < -0.4 is 5.56 Å². The van der Waals surface area contributed by atoms with Crippen LogP contribution in [0.25, 0.3) is 0 Å². The third-order valence-electron chi connectivity index (χ3n) is 2.82. The predicted octanol–water partition coefficient (Wildman–Crippen LogP) is 0.598. The summed E-state index contributed by atoms with van der Waals surface area (Å²) < 4.78 is 23.4. The number of carboxylic acids is 1. The third-order valence-corrected chi connectivity index (χ3v) is 3.85. The summed E-state index contributed by atoms with van der Waals surface area (Å²) in [5.41, 5.74) is 0.193. The number of aromatic carboxylic acids is 1. The molecular weight excluding hydrogens is 270 g/mol. The Labute approximate surface area is 111 Å². The molecule has 0 atom stereocenters. The number of pyridine rings is 1. The Bertz CT molecular complexity index is 657. The van der Waals surface area contributed by atoms with Crippen molar-refractivity contribution >= 4 is 15.8 Å². The molecule has 0 fully saturated rings. The summed E-state index contributed by atoms with van der Waals surface area (Å²) >= 11 is 0. The highest BCUT2D eigenvalue weighted by atomic mass is 32.2. The molecule has 0 radical (unpaired) electrons. The highest BCUT2D eigenvalue weighted by Crippen LogP contribution is 2.07. The van der Waals surface area contributed by atoms with Crippen LogP contribution in [0.5, 0.6) is 0 Å². The van der Waals surface area contributed by atoms with Gasteiger partial charge in [0, 0.05) is 18.5 Å². The van der Waals surface area contributed by atoms with Gasteiger partial charge in [-0.2, -0.15) is 0 Å². The van der Waals surface area contributed by atoms with Crippen LogP contribution in [-0.4, -0.2) is 36.1 Å². The van der Waals surface area contributed by atoms with E-state index in [0.717, 1.165) is 6.26 Å². The van der Waals surface area contributed by atoms with Crippen LogP contribution in [0, 0.1) is 13.8 Å². The van der Waals surface area contributed by atoms with E-state index in [1.807, 2.05) is 0 Å². The molecule has 0 unspecified atom stereocenters. The topological polar surface area (TPSA) is 93.4 Å². The summed E-state index contributed by atoms with van der Waals surface area (Å²) in [7, 11) is -3.09. The lowest BCUT2D eigenvalue weighted by atomic mass is 10.1. The van der Waals surface area contributed by atoms with E-state index >= 15 is 0 Å². The molecule has 0 amide bonds. The monoisotopic (exact) mass is 287 g/mol. The Morgan fingerprint density at radius 2 is 1.95 bits per heavy atom. The van der Waals surface area contributed by atoms with E-state index in [1.165, 1.54) is 4.57 Å². The smallest absolute Gasteiger partial charge is 0.341 e. The van der Waals surface area contributed by atoms with Crippen LogP contribution in [-0.2, 0) is 16.4 Å². The number of hydrogen-bond donors (Lipinski definition) is 1. The SMILES string of the molecule is Cc1cc(C)n(CCCS(C)(=O)=O)c(=O)c1C(=O)O. The van der Waals surface area contributed by atoms with Gasteiger partial charge in [0.05, 0.1) is 5.75 Å². The minimum absolute atomic E-state index is 0.0326. The molecule has 1 N–H and O–H groups in total. The second-order valence-corrected chi connectivity index (χ2v) is 6.85. The Kier molecular flexibility index (Phi) is 4.52. The van der Waals surface area contributed by atoms with E-state index in [0.29, 0.717) is 11.3 Å². The van der Waals surface area contributed by atoms with Gasteiger partial charge in [-0.3, -0.25) is 4.79 Å². The lowest BCUT2D eigenvalue weighted by molar-refractivity contribution is 0.0693. The zero-order valence-electron chi connectivity index (χ0n) is 11.1. The fourth-order valence-corrected chi connectivity index (χ4v) is 2.60. The lowest BCUT2D eigenvalue weighted by Crippen LogP contribution is -2.29. The van der Waals surface area contributed by atoms with Crippen LogP contribution in [0.1, 0.15) is 28.0 Å². The maximum Gasteiger partial charge on any atom is 0.341 e. The number of aromatic nitrogens is 1. The minimum atomic E-state index is -3.09. The van der Waals surface area contributed by atoms with Crippen molar-refractivity contribution in [1.29, 1.82) is 0 Å². The van der Waals surface area contributed by atoms with Crippen LogP contribution in [0.15, 0.2) is 10.9 Å². The van der Waals surface area contributed by atoms with Gasteiger partial charge in [-0.05, 0) is 31.9 Å². The van der Waals surface area contributed by atoms with E-state index < -0.39 is 21.4 Å². The Hall–Kier alpha value is -1.63. The second kappa shape index (κ2) is 5.56. The van der Waals surface area contributed by atoms with E-state index in [9.17, 15) is 18.0 Å². The maximum atomic E-state index is 12.0. The Morgan fingerprint density at radius 3 is 2.42 bits per heavy atom. The van der Waals surface area contributed by atoms with Crippen molar-refractivity contribution in [2.24, 2.45) is 0 Å². The van der Waals surface area contributed by atoms with Crippen LogP contribution in [0.3, 0.4) is 0 Å². The van der Waals surface area contributed by atoms with Crippen molar-refractivity contribution < 1.29 is 18.3 Å². The summed E-state index contributed by atoms with van der Waals surface area (Å²) in [5.74, 6) is -1.30. The molecule has 7 heteroatoms. The second-order valence-electron chi connectivity index (χ2n) is 4.59. The van der Waals surface area contributed by atoms with Crippen molar-refractivity contribution in [2.75, 3.05) is 12.0 Å². The highest BCUT2D eigenvalue weighted by Gasteiger charge is 2.16.